The number of rotatable bonds is 5. The summed E-state index contributed by atoms with van der Waals surface area (Å²) in [5.74, 6) is 0. The Morgan fingerprint density at radius 1 is 0.654 bits per heavy atom. The summed E-state index contributed by atoms with van der Waals surface area (Å²) in [6, 6.07) is 31.8. The lowest BCUT2D eigenvalue weighted by atomic mass is 10.1. The number of halogens is 1. The van der Waals surface area contributed by atoms with Crippen LogP contribution in [0, 0.1) is 0 Å². The predicted molar refractivity (Wildman–Crippen MR) is 101 cm³/mol. The van der Waals surface area contributed by atoms with Crippen molar-refractivity contribution >= 4 is 0 Å². The van der Waals surface area contributed by atoms with Crippen LogP contribution in [0.1, 0.15) is 11.1 Å². The SMILES string of the molecule is [Br-].c1ccc(Cn2c[n+](Cc3ccccc3)cc2-c2ccccc2)cc1. The summed E-state index contributed by atoms with van der Waals surface area (Å²) in [5.41, 5.74) is 5.09. The van der Waals surface area contributed by atoms with Gasteiger partial charge in [-0.2, -0.15) is 0 Å². The van der Waals surface area contributed by atoms with Gasteiger partial charge in [0, 0.05) is 5.56 Å². The summed E-state index contributed by atoms with van der Waals surface area (Å²) in [6.07, 6.45) is 4.45. The van der Waals surface area contributed by atoms with Crippen LogP contribution in [-0.2, 0) is 13.1 Å². The molecular formula is C23H21BrN2. The van der Waals surface area contributed by atoms with E-state index in [2.05, 4.69) is 113 Å². The molecule has 130 valence electrons. The van der Waals surface area contributed by atoms with E-state index in [1.807, 2.05) is 0 Å². The molecule has 0 amide bonds. The first kappa shape index (κ1) is 18.2. The number of imidazole rings is 1. The van der Waals surface area contributed by atoms with Crippen molar-refractivity contribution in [3.05, 3.63) is 115 Å². The molecule has 1 aromatic heterocycles. The van der Waals surface area contributed by atoms with E-state index in [4.69, 9.17) is 0 Å². The van der Waals surface area contributed by atoms with Crippen LogP contribution in [0.4, 0.5) is 0 Å². The fourth-order valence-corrected chi connectivity index (χ4v) is 3.14. The Bertz CT molecular complexity index is 932. The van der Waals surface area contributed by atoms with Crippen LogP contribution >= 0.6 is 0 Å². The smallest absolute Gasteiger partial charge is 0.244 e. The molecule has 26 heavy (non-hydrogen) atoms. The summed E-state index contributed by atoms with van der Waals surface area (Å²) < 4.78 is 4.59. The van der Waals surface area contributed by atoms with Crippen LogP contribution in [0.25, 0.3) is 11.3 Å². The van der Waals surface area contributed by atoms with Crippen LogP contribution in [-0.4, -0.2) is 4.57 Å². The van der Waals surface area contributed by atoms with Gasteiger partial charge in [-0.3, -0.25) is 0 Å². The molecular weight excluding hydrogens is 384 g/mol. The maximum absolute atomic E-state index is 2.33. The predicted octanol–water partition coefficient (Wildman–Crippen LogP) is 1.54. The second-order valence-corrected chi connectivity index (χ2v) is 6.27. The van der Waals surface area contributed by atoms with Crippen molar-refractivity contribution in [3.63, 3.8) is 0 Å². The van der Waals surface area contributed by atoms with Gasteiger partial charge in [-0.1, -0.05) is 91.0 Å². The maximum atomic E-state index is 2.33. The summed E-state index contributed by atoms with van der Waals surface area (Å²) in [4.78, 5) is 0. The third-order valence-corrected chi connectivity index (χ3v) is 4.36. The highest BCUT2D eigenvalue weighted by Crippen LogP contribution is 2.19. The van der Waals surface area contributed by atoms with Crippen molar-refractivity contribution in [2.45, 2.75) is 13.1 Å². The number of nitrogens with zero attached hydrogens (tertiary/aromatic N) is 2. The largest absolute Gasteiger partial charge is 1.00 e. The third-order valence-electron chi connectivity index (χ3n) is 4.36. The quantitative estimate of drug-likeness (QED) is 0.446. The molecule has 1 heterocycles. The molecule has 0 spiro atoms. The van der Waals surface area contributed by atoms with E-state index in [1.54, 1.807) is 0 Å². The van der Waals surface area contributed by atoms with Crippen molar-refractivity contribution < 1.29 is 21.5 Å². The molecule has 0 aliphatic heterocycles. The van der Waals surface area contributed by atoms with E-state index < -0.39 is 0 Å². The minimum absolute atomic E-state index is 0. The van der Waals surface area contributed by atoms with E-state index in [0.717, 1.165) is 13.1 Å². The highest BCUT2D eigenvalue weighted by Gasteiger charge is 2.16. The Hall–Kier alpha value is -2.65. The van der Waals surface area contributed by atoms with E-state index in [9.17, 15) is 0 Å². The molecule has 0 fully saturated rings. The first-order valence-corrected chi connectivity index (χ1v) is 8.61. The van der Waals surface area contributed by atoms with Crippen molar-refractivity contribution in [1.29, 1.82) is 0 Å². The molecule has 0 aliphatic carbocycles. The van der Waals surface area contributed by atoms with E-state index in [-0.39, 0.29) is 17.0 Å². The van der Waals surface area contributed by atoms with Gasteiger partial charge in [0.15, 0.2) is 5.69 Å². The second kappa shape index (κ2) is 8.63. The fourth-order valence-electron chi connectivity index (χ4n) is 3.14. The standard InChI is InChI=1S/C23H21N2.BrH/c1-4-10-20(11-5-1)16-24-18-23(22-14-8-3-9-15-22)25(19-24)17-21-12-6-2-7-13-21;/h1-15,18-19H,16-17H2;1H/q+1;/p-1. The zero-order valence-electron chi connectivity index (χ0n) is 14.5. The molecule has 0 saturated heterocycles. The Labute approximate surface area is 165 Å². The molecule has 0 unspecified atom stereocenters. The summed E-state index contributed by atoms with van der Waals surface area (Å²) in [6.45, 7) is 1.75. The average molecular weight is 405 g/mol. The highest BCUT2D eigenvalue weighted by molar-refractivity contribution is 5.58. The summed E-state index contributed by atoms with van der Waals surface area (Å²) in [5, 5.41) is 0. The Balaban J connectivity index is 0.00000196. The van der Waals surface area contributed by atoms with Crippen LogP contribution < -0.4 is 21.5 Å². The third kappa shape index (κ3) is 4.30. The Morgan fingerprint density at radius 3 is 1.81 bits per heavy atom. The van der Waals surface area contributed by atoms with Gasteiger partial charge in [-0.25, -0.2) is 9.13 Å². The average Bonchev–Trinajstić information content (AvgIpc) is 3.06. The first-order chi connectivity index (χ1) is 12.4. The van der Waals surface area contributed by atoms with Gasteiger partial charge in [-0.15, -0.1) is 0 Å². The summed E-state index contributed by atoms with van der Waals surface area (Å²) in [7, 11) is 0. The molecule has 4 aromatic rings. The minimum atomic E-state index is 0. The molecule has 0 radical (unpaired) electrons. The first-order valence-electron chi connectivity index (χ1n) is 8.61. The number of hydrogen-bond acceptors (Lipinski definition) is 0. The Morgan fingerprint density at radius 2 is 1.19 bits per heavy atom. The lowest BCUT2D eigenvalue weighted by Gasteiger charge is -2.02. The van der Waals surface area contributed by atoms with Crippen LogP contribution in [0.3, 0.4) is 0 Å². The monoisotopic (exact) mass is 404 g/mol. The molecule has 0 bridgehead atoms. The number of benzene rings is 3. The van der Waals surface area contributed by atoms with Gasteiger partial charge in [0.25, 0.3) is 0 Å². The lowest BCUT2D eigenvalue weighted by Crippen LogP contribution is -3.00. The van der Waals surface area contributed by atoms with Crippen molar-refractivity contribution in [2.75, 3.05) is 0 Å². The lowest BCUT2D eigenvalue weighted by molar-refractivity contribution is -0.687. The molecule has 2 nitrogen and oxygen atoms in total. The van der Waals surface area contributed by atoms with Gasteiger partial charge in [0.1, 0.15) is 19.3 Å². The van der Waals surface area contributed by atoms with E-state index in [0.29, 0.717) is 0 Å². The number of aromatic nitrogens is 2. The zero-order valence-corrected chi connectivity index (χ0v) is 16.1. The normalized spacial score (nSPS) is 10.3. The fraction of sp³-hybridized carbons (Fsp3) is 0.0870. The molecule has 0 saturated carbocycles. The maximum Gasteiger partial charge on any atom is 0.244 e. The zero-order chi connectivity index (χ0) is 16.9. The van der Waals surface area contributed by atoms with Crippen LogP contribution in [0.15, 0.2) is 104 Å². The van der Waals surface area contributed by atoms with Crippen molar-refractivity contribution in [2.24, 2.45) is 0 Å². The van der Waals surface area contributed by atoms with Crippen LogP contribution in [0.5, 0.6) is 0 Å². The second-order valence-electron chi connectivity index (χ2n) is 6.27. The molecule has 3 heteroatoms. The van der Waals surface area contributed by atoms with Gasteiger partial charge in [0.2, 0.25) is 6.33 Å². The van der Waals surface area contributed by atoms with Crippen LogP contribution in [0.2, 0.25) is 0 Å². The molecule has 0 aliphatic rings. The highest BCUT2D eigenvalue weighted by atomic mass is 79.9. The molecule has 0 N–H and O–H groups in total. The Kier molecular flexibility index (Phi) is 6.03. The minimum Gasteiger partial charge on any atom is -1.00 e. The topological polar surface area (TPSA) is 8.81 Å². The van der Waals surface area contributed by atoms with Crippen molar-refractivity contribution in [3.8, 4) is 11.3 Å². The summed E-state index contributed by atoms with van der Waals surface area (Å²) >= 11 is 0. The van der Waals surface area contributed by atoms with Gasteiger partial charge >= 0.3 is 0 Å². The van der Waals surface area contributed by atoms with E-state index in [1.165, 1.54) is 22.4 Å². The molecule has 3 aromatic carbocycles. The number of hydrogen-bond donors (Lipinski definition) is 0. The van der Waals surface area contributed by atoms with Gasteiger partial charge < -0.3 is 17.0 Å². The van der Waals surface area contributed by atoms with Crippen molar-refractivity contribution in [1.82, 2.24) is 4.57 Å². The van der Waals surface area contributed by atoms with E-state index >= 15 is 0 Å². The molecule has 0 atom stereocenters. The molecule has 4 rings (SSSR count). The van der Waals surface area contributed by atoms with Gasteiger partial charge in [-0.05, 0) is 11.1 Å². The van der Waals surface area contributed by atoms with Gasteiger partial charge in [0.05, 0.1) is 0 Å².